The molecule has 0 fully saturated rings. The Morgan fingerprint density at radius 2 is 2.05 bits per heavy atom. The topological polar surface area (TPSA) is 68.2 Å². The highest BCUT2D eigenvalue weighted by molar-refractivity contribution is 5.86. The maximum atomic E-state index is 5.76. The lowest BCUT2D eigenvalue weighted by atomic mass is 10.3. The van der Waals surface area contributed by atoms with E-state index in [1.54, 1.807) is 6.20 Å². The summed E-state index contributed by atoms with van der Waals surface area (Å²) in [4.78, 5) is 8.38. The number of rotatable bonds is 2. The lowest BCUT2D eigenvalue weighted by Crippen LogP contribution is -2.06. The van der Waals surface area contributed by atoms with Gasteiger partial charge in [-0.05, 0) is 19.9 Å². The molecule has 0 aliphatic rings. The molecule has 0 saturated carbocycles. The van der Waals surface area contributed by atoms with Crippen LogP contribution in [0.1, 0.15) is 17.8 Å². The third-order valence-corrected chi connectivity index (χ3v) is 2.45. The molecule has 0 spiro atoms. The van der Waals surface area contributed by atoms with Crippen LogP contribution in [0.3, 0.4) is 0 Å². The van der Waals surface area contributed by atoms with Crippen LogP contribution in [-0.4, -0.2) is 28.0 Å². The summed E-state index contributed by atoms with van der Waals surface area (Å²) in [6.45, 7) is 2.81. The molecular formula is C12H18Cl3N5. The Kier molecular flexibility index (Phi) is 10.2. The highest BCUT2D eigenvalue weighted by Crippen LogP contribution is 2.14. The van der Waals surface area contributed by atoms with Gasteiger partial charge in [0.15, 0.2) is 11.5 Å². The van der Waals surface area contributed by atoms with Crippen molar-refractivity contribution in [2.24, 2.45) is 0 Å². The smallest absolute Gasteiger partial charge is 0.181 e. The second-order valence-electron chi connectivity index (χ2n) is 3.71. The van der Waals surface area contributed by atoms with Crippen LogP contribution >= 0.6 is 37.2 Å². The van der Waals surface area contributed by atoms with E-state index in [-0.39, 0.29) is 37.2 Å². The summed E-state index contributed by atoms with van der Waals surface area (Å²) >= 11 is 0. The van der Waals surface area contributed by atoms with Crippen LogP contribution in [0.4, 0.5) is 5.82 Å². The largest absolute Gasteiger partial charge is 0.381 e. The average molecular weight is 339 g/mol. The van der Waals surface area contributed by atoms with Gasteiger partial charge in [-0.15, -0.1) is 37.2 Å². The maximum absolute atomic E-state index is 5.76. The second kappa shape index (κ2) is 9.67. The first-order valence-corrected chi connectivity index (χ1v) is 5.46. The van der Waals surface area contributed by atoms with Crippen molar-refractivity contribution in [3.8, 4) is 11.8 Å². The van der Waals surface area contributed by atoms with Crippen molar-refractivity contribution in [3.05, 3.63) is 23.8 Å². The number of aryl methyl sites for hydroxylation is 1. The Hall–Kier alpha value is -1.19. The fourth-order valence-electron chi connectivity index (χ4n) is 1.59. The van der Waals surface area contributed by atoms with Gasteiger partial charge in [0.2, 0.25) is 0 Å². The highest BCUT2D eigenvalue weighted by Gasteiger charge is 2.08. The van der Waals surface area contributed by atoms with Gasteiger partial charge in [-0.1, -0.05) is 5.92 Å². The zero-order valence-electron chi connectivity index (χ0n) is 11.2. The van der Waals surface area contributed by atoms with Gasteiger partial charge in [0.25, 0.3) is 0 Å². The van der Waals surface area contributed by atoms with Crippen LogP contribution in [0.15, 0.2) is 12.4 Å². The molecule has 2 heterocycles. The summed E-state index contributed by atoms with van der Waals surface area (Å²) < 4.78 is 1.88. The number of imidazole rings is 1. The summed E-state index contributed by atoms with van der Waals surface area (Å²) in [5, 5.41) is 3.05. The van der Waals surface area contributed by atoms with Gasteiger partial charge in [-0.3, -0.25) is 4.40 Å². The molecule has 0 amide bonds. The molecule has 0 radical (unpaired) electrons. The highest BCUT2D eigenvalue weighted by atomic mass is 35.5. The van der Waals surface area contributed by atoms with Crippen LogP contribution < -0.4 is 11.1 Å². The SMILES string of the molecule is CNCCC#Cc1c(C)nc2c(N)nccn12.Cl.Cl.Cl. The van der Waals surface area contributed by atoms with E-state index in [2.05, 4.69) is 27.1 Å². The molecule has 3 N–H and O–H groups in total. The number of hydrogen-bond donors (Lipinski definition) is 2. The van der Waals surface area contributed by atoms with Crippen molar-refractivity contribution in [2.75, 3.05) is 19.3 Å². The molecule has 20 heavy (non-hydrogen) atoms. The lowest BCUT2D eigenvalue weighted by Gasteiger charge is -1.96. The number of anilines is 1. The van der Waals surface area contributed by atoms with Crippen LogP contribution in [0.2, 0.25) is 0 Å². The third-order valence-electron chi connectivity index (χ3n) is 2.45. The minimum absolute atomic E-state index is 0. The standard InChI is InChI=1S/C12H15N5.3ClH/c1-9-10(5-3-4-6-14-2)17-8-7-15-11(13)12(17)16-9;;;/h7-8,14H,4,6H2,1-2H3,(H2,13,15);3*1H. The number of nitrogen functional groups attached to an aromatic ring is 1. The molecule has 0 saturated heterocycles. The van der Waals surface area contributed by atoms with Gasteiger partial charge in [0, 0.05) is 25.4 Å². The molecule has 0 bridgehead atoms. The number of nitrogens with one attached hydrogen (secondary N) is 1. The van der Waals surface area contributed by atoms with Gasteiger partial charge in [0.05, 0.1) is 5.69 Å². The molecule has 5 nitrogen and oxygen atoms in total. The van der Waals surface area contributed by atoms with Crippen molar-refractivity contribution in [1.82, 2.24) is 19.7 Å². The molecule has 0 atom stereocenters. The fraction of sp³-hybridized carbons (Fsp3) is 0.333. The lowest BCUT2D eigenvalue weighted by molar-refractivity contribution is 0.818. The van der Waals surface area contributed by atoms with Gasteiger partial charge in [-0.2, -0.15) is 0 Å². The Morgan fingerprint density at radius 1 is 1.35 bits per heavy atom. The summed E-state index contributed by atoms with van der Waals surface area (Å²) in [5.41, 5.74) is 8.19. The number of fused-ring (bicyclic) bond motifs is 1. The number of nitrogens with zero attached hydrogens (tertiary/aromatic N) is 3. The molecule has 0 aliphatic heterocycles. The first kappa shape index (κ1) is 21.1. The van der Waals surface area contributed by atoms with Crippen LogP contribution in [0, 0.1) is 18.8 Å². The molecule has 8 heteroatoms. The minimum Gasteiger partial charge on any atom is -0.381 e. The average Bonchev–Trinajstić information content (AvgIpc) is 2.63. The van der Waals surface area contributed by atoms with Crippen molar-refractivity contribution in [3.63, 3.8) is 0 Å². The van der Waals surface area contributed by atoms with Crippen molar-refractivity contribution in [1.29, 1.82) is 0 Å². The van der Waals surface area contributed by atoms with E-state index in [4.69, 9.17) is 5.73 Å². The Labute approximate surface area is 137 Å². The monoisotopic (exact) mass is 337 g/mol. The molecule has 2 aromatic heterocycles. The Balaban J connectivity index is 0. The van der Waals surface area contributed by atoms with E-state index in [9.17, 15) is 0 Å². The maximum Gasteiger partial charge on any atom is 0.181 e. The number of nitrogens with two attached hydrogens (primary N) is 1. The summed E-state index contributed by atoms with van der Waals surface area (Å²) in [6.07, 6.45) is 4.29. The van der Waals surface area contributed by atoms with E-state index in [0.717, 1.165) is 24.4 Å². The summed E-state index contributed by atoms with van der Waals surface area (Å²) in [5.74, 6) is 6.66. The molecule has 0 aromatic carbocycles. The van der Waals surface area contributed by atoms with E-state index < -0.39 is 0 Å². The van der Waals surface area contributed by atoms with Gasteiger partial charge in [0.1, 0.15) is 5.69 Å². The van der Waals surface area contributed by atoms with E-state index in [1.807, 2.05) is 24.6 Å². The molecule has 0 aliphatic carbocycles. The molecule has 2 rings (SSSR count). The minimum atomic E-state index is 0. The number of aromatic nitrogens is 3. The number of halogens is 3. The zero-order chi connectivity index (χ0) is 12.3. The molecule has 0 unspecified atom stereocenters. The second-order valence-corrected chi connectivity index (χ2v) is 3.71. The van der Waals surface area contributed by atoms with Gasteiger partial charge >= 0.3 is 0 Å². The third kappa shape index (κ3) is 4.43. The van der Waals surface area contributed by atoms with Crippen LogP contribution in [0.25, 0.3) is 5.65 Å². The molecular weight excluding hydrogens is 321 g/mol. The van der Waals surface area contributed by atoms with E-state index in [0.29, 0.717) is 11.5 Å². The molecule has 112 valence electrons. The zero-order valence-corrected chi connectivity index (χ0v) is 13.7. The van der Waals surface area contributed by atoms with Crippen molar-refractivity contribution >= 4 is 48.7 Å². The number of hydrogen-bond acceptors (Lipinski definition) is 4. The Bertz CT molecular complexity index is 600. The Morgan fingerprint density at radius 3 is 2.70 bits per heavy atom. The molecule has 2 aromatic rings. The van der Waals surface area contributed by atoms with Crippen molar-refractivity contribution < 1.29 is 0 Å². The van der Waals surface area contributed by atoms with Crippen molar-refractivity contribution in [2.45, 2.75) is 13.3 Å². The predicted octanol–water partition coefficient (Wildman–Crippen LogP) is 1.85. The van der Waals surface area contributed by atoms with Gasteiger partial charge in [-0.25, -0.2) is 9.97 Å². The summed E-state index contributed by atoms with van der Waals surface area (Å²) in [7, 11) is 1.91. The van der Waals surface area contributed by atoms with E-state index >= 15 is 0 Å². The predicted molar refractivity (Wildman–Crippen MR) is 89.3 cm³/mol. The van der Waals surface area contributed by atoms with E-state index in [1.165, 1.54) is 0 Å². The first-order valence-electron chi connectivity index (χ1n) is 5.46. The van der Waals surface area contributed by atoms with Gasteiger partial charge < -0.3 is 11.1 Å². The quantitative estimate of drug-likeness (QED) is 0.648. The fourth-order valence-corrected chi connectivity index (χ4v) is 1.59. The first-order chi connectivity index (χ1) is 8.24. The summed E-state index contributed by atoms with van der Waals surface area (Å²) in [6, 6.07) is 0. The van der Waals surface area contributed by atoms with Crippen LogP contribution in [0.5, 0.6) is 0 Å². The van der Waals surface area contributed by atoms with Crippen LogP contribution in [-0.2, 0) is 0 Å². The normalized spacial score (nSPS) is 8.70.